The summed E-state index contributed by atoms with van der Waals surface area (Å²) in [5.41, 5.74) is 3.29. The van der Waals surface area contributed by atoms with Crippen molar-refractivity contribution in [3.8, 4) is 0 Å². The summed E-state index contributed by atoms with van der Waals surface area (Å²) in [7, 11) is 0. The lowest BCUT2D eigenvalue weighted by molar-refractivity contribution is -0.137. The van der Waals surface area contributed by atoms with E-state index >= 15 is 0 Å². The van der Waals surface area contributed by atoms with Gasteiger partial charge in [0.05, 0.1) is 6.61 Å². The van der Waals surface area contributed by atoms with Crippen molar-refractivity contribution >= 4 is 17.6 Å². The lowest BCUT2D eigenvalue weighted by Gasteiger charge is -2.18. The summed E-state index contributed by atoms with van der Waals surface area (Å²) in [5, 5.41) is 0. The Morgan fingerprint density at radius 1 is 1.40 bits per heavy atom. The number of hydrogen-bond donors (Lipinski definition) is 0. The lowest BCUT2D eigenvalue weighted by Crippen LogP contribution is -2.07. The molecule has 25 heavy (non-hydrogen) atoms. The Labute approximate surface area is 148 Å². The van der Waals surface area contributed by atoms with Crippen molar-refractivity contribution in [1.29, 1.82) is 0 Å². The summed E-state index contributed by atoms with van der Waals surface area (Å²) in [5.74, 6) is -0.737. The fourth-order valence-electron chi connectivity index (χ4n) is 2.77. The number of nitrogens with zero attached hydrogens (tertiary/aromatic N) is 1. The molecule has 132 valence electrons. The largest absolute Gasteiger partial charge is 0.463 e. The van der Waals surface area contributed by atoms with Crippen LogP contribution < -0.4 is 0 Å². The quantitative estimate of drug-likeness (QED) is 0.521. The van der Waals surface area contributed by atoms with E-state index in [0.717, 1.165) is 24.8 Å². The third-order valence-corrected chi connectivity index (χ3v) is 4.02. The first kappa shape index (κ1) is 18.7. The van der Waals surface area contributed by atoms with Crippen molar-refractivity contribution in [3.05, 3.63) is 72.0 Å². The highest BCUT2D eigenvalue weighted by Crippen LogP contribution is 2.29. The zero-order chi connectivity index (χ0) is 18.2. The molecular weight excluding hydrogens is 317 g/mol. The van der Waals surface area contributed by atoms with Gasteiger partial charge in [-0.25, -0.2) is 9.18 Å². The van der Waals surface area contributed by atoms with Crippen LogP contribution in [-0.2, 0) is 9.53 Å². The van der Waals surface area contributed by atoms with Gasteiger partial charge < -0.3 is 9.64 Å². The van der Waals surface area contributed by atoms with Crippen LogP contribution in [0.4, 0.5) is 4.39 Å². The minimum atomic E-state index is -0.432. The number of hydrogen-bond acceptors (Lipinski definition) is 3. The molecule has 0 amide bonds. The third-order valence-electron chi connectivity index (χ3n) is 4.02. The monoisotopic (exact) mass is 341 g/mol. The fraction of sp³-hybridized carbons (Fsp3) is 0.286. The van der Waals surface area contributed by atoms with Gasteiger partial charge in [0.15, 0.2) is 0 Å². The highest BCUT2D eigenvalue weighted by atomic mass is 19.1. The van der Waals surface area contributed by atoms with Gasteiger partial charge >= 0.3 is 5.97 Å². The van der Waals surface area contributed by atoms with Crippen molar-refractivity contribution in [1.82, 2.24) is 4.90 Å². The number of carbonyl (C=O) groups is 1. The van der Waals surface area contributed by atoms with E-state index in [1.165, 1.54) is 17.8 Å². The summed E-state index contributed by atoms with van der Waals surface area (Å²) in [6.07, 6.45) is 11.2. The standard InChI is InChI=1S/C21H24FNO2/c1-4-18-9-7-8-17(15-23(18)5-2)19-12-10-16(14-20(19)22)11-13-21(24)25-6-3/h5,9-15H,2,4,6-8H2,1,3H3/b13-11+. The van der Waals surface area contributed by atoms with Gasteiger partial charge in [0.1, 0.15) is 5.82 Å². The molecule has 1 aromatic rings. The van der Waals surface area contributed by atoms with Gasteiger partial charge in [-0.2, -0.15) is 0 Å². The molecule has 3 nitrogen and oxygen atoms in total. The number of esters is 1. The second-order valence-corrected chi connectivity index (χ2v) is 5.66. The summed E-state index contributed by atoms with van der Waals surface area (Å²) < 4.78 is 19.4. The summed E-state index contributed by atoms with van der Waals surface area (Å²) in [6.45, 7) is 7.99. The molecule has 2 rings (SSSR count). The van der Waals surface area contributed by atoms with Gasteiger partial charge in [0.2, 0.25) is 0 Å². The van der Waals surface area contributed by atoms with Gasteiger partial charge in [0, 0.05) is 29.7 Å². The number of halogens is 1. The van der Waals surface area contributed by atoms with E-state index in [-0.39, 0.29) is 5.82 Å². The molecule has 0 saturated heterocycles. The first-order valence-corrected chi connectivity index (χ1v) is 8.54. The minimum Gasteiger partial charge on any atom is -0.463 e. The summed E-state index contributed by atoms with van der Waals surface area (Å²) >= 11 is 0. The van der Waals surface area contributed by atoms with E-state index < -0.39 is 5.97 Å². The molecule has 0 N–H and O–H groups in total. The molecule has 0 unspecified atom stereocenters. The first-order valence-electron chi connectivity index (χ1n) is 8.54. The van der Waals surface area contributed by atoms with E-state index in [9.17, 15) is 9.18 Å². The Hall–Kier alpha value is -2.62. The van der Waals surface area contributed by atoms with Crippen LogP contribution in [0.25, 0.3) is 11.6 Å². The van der Waals surface area contributed by atoms with Gasteiger partial charge in [-0.05, 0) is 49.5 Å². The Morgan fingerprint density at radius 3 is 2.84 bits per heavy atom. The van der Waals surface area contributed by atoms with Crippen LogP contribution in [0, 0.1) is 5.82 Å². The Bertz CT molecular complexity index is 731. The average Bonchev–Trinajstić information content (AvgIpc) is 2.82. The molecule has 1 heterocycles. The zero-order valence-corrected chi connectivity index (χ0v) is 14.8. The van der Waals surface area contributed by atoms with Crippen molar-refractivity contribution in [2.24, 2.45) is 0 Å². The molecule has 0 saturated carbocycles. The van der Waals surface area contributed by atoms with Gasteiger partial charge in [-0.1, -0.05) is 31.7 Å². The molecule has 0 fully saturated rings. The Balaban J connectivity index is 2.24. The maximum Gasteiger partial charge on any atom is 0.330 e. The highest BCUT2D eigenvalue weighted by Gasteiger charge is 2.13. The second-order valence-electron chi connectivity index (χ2n) is 5.66. The number of rotatable bonds is 6. The number of allylic oxidation sites excluding steroid dienone is 3. The number of benzene rings is 1. The molecule has 1 aliphatic heterocycles. The molecule has 1 aromatic carbocycles. The van der Waals surface area contributed by atoms with E-state index in [0.29, 0.717) is 17.7 Å². The van der Waals surface area contributed by atoms with E-state index in [1.807, 2.05) is 11.1 Å². The van der Waals surface area contributed by atoms with Crippen LogP contribution in [0.3, 0.4) is 0 Å². The summed E-state index contributed by atoms with van der Waals surface area (Å²) in [4.78, 5) is 13.3. The van der Waals surface area contributed by atoms with E-state index in [1.54, 1.807) is 31.3 Å². The van der Waals surface area contributed by atoms with Gasteiger partial charge in [0.25, 0.3) is 0 Å². The van der Waals surface area contributed by atoms with E-state index in [2.05, 4.69) is 19.6 Å². The number of carbonyl (C=O) groups excluding carboxylic acids is 1. The molecule has 1 aliphatic rings. The topological polar surface area (TPSA) is 29.5 Å². The number of ether oxygens (including phenoxy) is 1. The molecule has 0 radical (unpaired) electrons. The fourth-order valence-corrected chi connectivity index (χ4v) is 2.77. The van der Waals surface area contributed by atoms with Crippen LogP contribution >= 0.6 is 0 Å². The highest BCUT2D eigenvalue weighted by molar-refractivity contribution is 5.87. The van der Waals surface area contributed by atoms with Crippen LogP contribution in [0.2, 0.25) is 0 Å². The predicted octanol–water partition coefficient (Wildman–Crippen LogP) is 5.28. The van der Waals surface area contributed by atoms with Crippen LogP contribution in [0.5, 0.6) is 0 Å². The zero-order valence-electron chi connectivity index (χ0n) is 14.8. The van der Waals surface area contributed by atoms with Gasteiger partial charge in [-0.15, -0.1) is 0 Å². The van der Waals surface area contributed by atoms with Crippen molar-refractivity contribution in [2.45, 2.75) is 33.1 Å². The molecule has 4 heteroatoms. The second kappa shape index (κ2) is 9.02. The van der Waals surface area contributed by atoms with Gasteiger partial charge in [-0.3, -0.25) is 0 Å². The normalized spacial score (nSPS) is 14.8. The average molecular weight is 341 g/mol. The van der Waals surface area contributed by atoms with Crippen LogP contribution in [0.1, 0.15) is 44.2 Å². The predicted molar refractivity (Wildman–Crippen MR) is 99.7 cm³/mol. The lowest BCUT2D eigenvalue weighted by atomic mass is 10.00. The Kier molecular flexibility index (Phi) is 6.75. The molecule has 0 bridgehead atoms. The summed E-state index contributed by atoms with van der Waals surface area (Å²) in [6, 6.07) is 4.99. The van der Waals surface area contributed by atoms with Crippen LogP contribution in [0.15, 0.2) is 55.0 Å². The molecular formula is C21H24FNO2. The molecule has 0 aliphatic carbocycles. The minimum absolute atomic E-state index is 0.304. The molecule has 0 aromatic heterocycles. The first-order chi connectivity index (χ1) is 12.1. The smallest absolute Gasteiger partial charge is 0.330 e. The molecule has 0 atom stereocenters. The van der Waals surface area contributed by atoms with Crippen molar-refractivity contribution in [2.75, 3.05) is 6.61 Å². The third kappa shape index (κ3) is 4.92. The SMILES string of the molecule is C=CN1C=C(c2ccc(/C=C/C(=O)OCC)cc2F)CCC=C1CC. The van der Waals surface area contributed by atoms with E-state index in [4.69, 9.17) is 4.74 Å². The molecule has 0 spiro atoms. The van der Waals surface area contributed by atoms with Crippen LogP contribution in [-0.4, -0.2) is 17.5 Å². The maximum atomic E-state index is 14.6. The van der Waals surface area contributed by atoms with Crippen molar-refractivity contribution < 1.29 is 13.9 Å². The Morgan fingerprint density at radius 2 is 2.20 bits per heavy atom. The maximum absolute atomic E-state index is 14.6. The van der Waals surface area contributed by atoms with Crippen molar-refractivity contribution in [3.63, 3.8) is 0 Å².